The molecule has 0 amide bonds. The number of rotatable bonds is 2. The maximum absolute atomic E-state index is 6.48. The average molecular weight is 367 g/mol. The summed E-state index contributed by atoms with van der Waals surface area (Å²) in [6.45, 7) is 2.07. The van der Waals surface area contributed by atoms with Crippen LogP contribution in [0.4, 0.5) is 0 Å². The average Bonchev–Trinajstić information content (AvgIpc) is 2.86. The summed E-state index contributed by atoms with van der Waals surface area (Å²) in [6, 6.07) is 11.9. The van der Waals surface area contributed by atoms with Gasteiger partial charge in [-0.15, -0.1) is 11.3 Å². The van der Waals surface area contributed by atoms with Crippen LogP contribution < -0.4 is 5.73 Å². The highest BCUT2D eigenvalue weighted by Crippen LogP contribution is 2.37. The molecule has 1 aromatic heterocycles. The lowest BCUT2D eigenvalue weighted by atomic mass is 9.95. The molecule has 2 N–H and O–H groups in total. The Labute approximate surface area is 135 Å². The van der Waals surface area contributed by atoms with E-state index in [1.54, 1.807) is 11.3 Å². The molecule has 3 rings (SSSR count). The van der Waals surface area contributed by atoms with Gasteiger partial charge in [0.2, 0.25) is 0 Å². The molecule has 2 aromatic carbocycles. The first-order chi connectivity index (χ1) is 9.58. The van der Waals surface area contributed by atoms with Crippen molar-refractivity contribution < 1.29 is 0 Å². The van der Waals surface area contributed by atoms with Gasteiger partial charge in [0.1, 0.15) is 0 Å². The molecule has 0 bridgehead atoms. The quantitative estimate of drug-likeness (QED) is 0.621. The molecule has 20 heavy (non-hydrogen) atoms. The van der Waals surface area contributed by atoms with Gasteiger partial charge in [0.05, 0.1) is 6.04 Å². The number of fused-ring (bicyclic) bond motifs is 1. The molecule has 0 saturated carbocycles. The van der Waals surface area contributed by atoms with Gasteiger partial charge in [0, 0.05) is 14.2 Å². The minimum absolute atomic E-state index is 0.156. The Morgan fingerprint density at radius 2 is 2.00 bits per heavy atom. The van der Waals surface area contributed by atoms with Crippen molar-refractivity contribution in [2.75, 3.05) is 0 Å². The fourth-order valence-corrected chi connectivity index (χ4v) is 4.24. The number of hydrogen-bond acceptors (Lipinski definition) is 2. The van der Waals surface area contributed by atoms with Crippen molar-refractivity contribution in [3.63, 3.8) is 0 Å². The molecule has 1 unspecified atom stereocenters. The minimum atomic E-state index is -0.156. The smallest absolute Gasteiger partial charge is 0.0569 e. The van der Waals surface area contributed by atoms with Gasteiger partial charge in [-0.2, -0.15) is 0 Å². The number of thiophene rings is 1. The second-order valence-corrected chi connectivity index (χ2v) is 6.96. The number of aryl methyl sites for hydroxylation is 1. The molecule has 102 valence electrons. The van der Waals surface area contributed by atoms with Crippen LogP contribution in [0.1, 0.15) is 22.7 Å². The van der Waals surface area contributed by atoms with Gasteiger partial charge in [0.25, 0.3) is 0 Å². The van der Waals surface area contributed by atoms with Crippen molar-refractivity contribution in [3.05, 3.63) is 68.0 Å². The first kappa shape index (κ1) is 14.1. The number of benzene rings is 2. The molecule has 1 heterocycles. The Hall–Kier alpha value is -0.870. The predicted octanol–water partition coefficient (Wildman–Crippen LogP) is 5.67. The van der Waals surface area contributed by atoms with E-state index in [1.807, 2.05) is 24.3 Å². The van der Waals surface area contributed by atoms with Crippen molar-refractivity contribution in [1.29, 1.82) is 0 Å². The Balaban J connectivity index is 2.15. The third kappa shape index (κ3) is 2.40. The molecule has 0 aliphatic carbocycles. The van der Waals surface area contributed by atoms with Crippen LogP contribution in [-0.2, 0) is 0 Å². The standard InChI is InChI=1S/C16H13BrClNS/c1-9-5-6-10(18)7-12(9)15(19)13-8-20-16-11(13)3-2-4-14(16)17/h2-8,15H,19H2,1H3. The largest absolute Gasteiger partial charge is 0.320 e. The van der Waals surface area contributed by atoms with Gasteiger partial charge >= 0.3 is 0 Å². The molecule has 0 aliphatic rings. The Morgan fingerprint density at radius 1 is 1.20 bits per heavy atom. The van der Waals surface area contributed by atoms with Crippen LogP contribution in [0.3, 0.4) is 0 Å². The van der Waals surface area contributed by atoms with Crippen LogP contribution in [0.5, 0.6) is 0 Å². The van der Waals surface area contributed by atoms with Crippen molar-refractivity contribution in [1.82, 2.24) is 0 Å². The van der Waals surface area contributed by atoms with E-state index < -0.39 is 0 Å². The van der Waals surface area contributed by atoms with Crippen molar-refractivity contribution in [2.24, 2.45) is 5.73 Å². The summed E-state index contributed by atoms with van der Waals surface area (Å²) in [6.07, 6.45) is 0. The highest BCUT2D eigenvalue weighted by molar-refractivity contribution is 9.10. The lowest BCUT2D eigenvalue weighted by Crippen LogP contribution is -2.12. The molecule has 0 saturated heterocycles. The van der Waals surface area contributed by atoms with Crippen LogP contribution in [0.2, 0.25) is 5.02 Å². The second kappa shape index (κ2) is 5.49. The zero-order chi connectivity index (χ0) is 14.3. The second-order valence-electron chi connectivity index (χ2n) is 4.79. The SMILES string of the molecule is Cc1ccc(Cl)cc1C(N)c1csc2c(Br)cccc12. The van der Waals surface area contributed by atoms with Gasteiger partial charge in [-0.1, -0.05) is 29.8 Å². The molecule has 0 fully saturated rings. The number of halogens is 2. The molecule has 0 aliphatic heterocycles. The summed E-state index contributed by atoms with van der Waals surface area (Å²) in [4.78, 5) is 0. The lowest BCUT2D eigenvalue weighted by molar-refractivity contribution is 0.874. The summed E-state index contributed by atoms with van der Waals surface area (Å²) in [5, 5.41) is 4.07. The molecule has 1 nitrogen and oxygen atoms in total. The van der Waals surface area contributed by atoms with E-state index in [1.165, 1.54) is 10.1 Å². The van der Waals surface area contributed by atoms with E-state index >= 15 is 0 Å². The molecule has 0 spiro atoms. The van der Waals surface area contributed by atoms with Gasteiger partial charge in [-0.25, -0.2) is 0 Å². The topological polar surface area (TPSA) is 26.0 Å². The van der Waals surface area contributed by atoms with Gasteiger partial charge in [-0.05, 0) is 68.5 Å². The predicted molar refractivity (Wildman–Crippen MR) is 91.7 cm³/mol. The maximum Gasteiger partial charge on any atom is 0.0569 e. The Bertz CT molecular complexity index is 781. The van der Waals surface area contributed by atoms with Crippen LogP contribution in [-0.4, -0.2) is 0 Å². The third-order valence-corrected chi connectivity index (χ3v) is 5.70. The highest BCUT2D eigenvalue weighted by atomic mass is 79.9. The molecular weight excluding hydrogens is 354 g/mol. The summed E-state index contributed by atoms with van der Waals surface area (Å²) < 4.78 is 2.35. The van der Waals surface area contributed by atoms with Crippen LogP contribution in [0.25, 0.3) is 10.1 Å². The highest BCUT2D eigenvalue weighted by Gasteiger charge is 2.17. The maximum atomic E-state index is 6.48. The molecule has 3 aromatic rings. The lowest BCUT2D eigenvalue weighted by Gasteiger charge is -2.15. The normalized spacial score (nSPS) is 12.8. The Kier molecular flexibility index (Phi) is 3.87. The van der Waals surface area contributed by atoms with E-state index in [4.69, 9.17) is 17.3 Å². The summed E-state index contributed by atoms with van der Waals surface area (Å²) in [5.74, 6) is 0. The number of hydrogen-bond donors (Lipinski definition) is 1. The summed E-state index contributed by atoms with van der Waals surface area (Å²) >= 11 is 11.4. The van der Waals surface area contributed by atoms with E-state index in [0.717, 1.165) is 26.2 Å². The summed E-state index contributed by atoms with van der Waals surface area (Å²) in [7, 11) is 0. The summed E-state index contributed by atoms with van der Waals surface area (Å²) in [5.41, 5.74) is 9.87. The number of nitrogens with two attached hydrogens (primary N) is 1. The van der Waals surface area contributed by atoms with Crippen LogP contribution >= 0.6 is 38.9 Å². The fraction of sp³-hybridized carbons (Fsp3) is 0.125. The molecule has 1 atom stereocenters. The first-order valence-corrected chi connectivity index (χ1v) is 8.30. The van der Waals surface area contributed by atoms with Crippen LogP contribution in [0, 0.1) is 6.92 Å². The zero-order valence-electron chi connectivity index (χ0n) is 10.9. The van der Waals surface area contributed by atoms with E-state index in [0.29, 0.717) is 0 Å². The molecule has 4 heteroatoms. The van der Waals surface area contributed by atoms with Crippen molar-refractivity contribution >= 4 is 49.0 Å². The third-order valence-electron chi connectivity index (χ3n) is 3.49. The fourth-order valence-electron chi connectivity index (χ4n) is 2.40. The van der Waals surface area contributed by atoms with E-state index in [-0.39, 0.29) is 6.04 Å². The zero-order valence-corrected chi connectivity index (χ0v) is 14.0. The monoisotopic (exact) mass is 365 g/mol. The van der Waals surface area contributed by atoms with Crippen molar-refractivity contribution in [3.8, 4) is 0 Å². The molecular formula is C16H13BrClNS. The van der Waals surface area contributed by atoms with Gasteiger partial charge in [-0.3, -0.25) is 0 Å². The first-order valence-electron chi connectivity index (χ1n) is 6.25. The molecule has 0 radical (unpaired) electrons. The van der Waals surface area contributed by atoms with Crippen LogP contribution in [0.15, 0.2) is 46.3 Å². The Morgan fingerprint density at radius 3 is 2.80 bits per heavy atom. The van der Waals surface area contributed by atoms with E-state index in [2.05, 4.69) is 40.4 Å². The van der Waals surface area contributed by atoms with Crippen molar-refractivity contribution in [2.45, 2.75) is 13.0 Å². The minimum Gasteiger partial charge on any atom is -0.320 e. The van der Waals surface area contributed by atoms with Gasteiger partial charge in [0.15, 0.2) is 0 Å². The van der Waals surface area contributed by atoms with E-state index in [9.17, 15) is 0 Å². The van der Waals surface area contributed by atoms with Gasteiger partial charge < -0.3 is 5.73 Å².